The van der Waals surface area contributed by atoms with E-state index in [9.17, 15) is 4.79 Å². The molecule has 4 rings (SSSR count). The van der Waals surface area contributed by atoms with E-state index >= 15 is 0 Å². The van der Waals surface area contributed by atoms with Crippen molar-refractivity contribution in [2.75, 3.05) is 13.1 Å². The van der Waals surface area contributed by atoms with E-state index in [1.165, 1.54) is 10.3 Å². The summed E-state index contributed by atoms with van der Waals surface area (Å²) >= 11 is 1.70. The van der Waals surface area contributed by atoms with Gasteiger partial charge in [-0.2, -0.15) is 0 Å². The van der Waals surface area contributed by atoms with Gasteiger partial charge in [0, 0.05) is 24.6 Å². The number of amides is 1. The van der Waals surface area contributed by atoms with E-state index < -0.39 is 0 Å². The van der Waals surface area contributed by atoms with Crippen LogP contribution < -0.4 is 10.6 Å². The minimum atomic E-state index is 0.00788. The number of aromatic nitrogens is 1. The molecule has 1 aliphatic heterocycles. The highest BCUT2D eigenvalue weighted by Gasteiger charge is 2.18. The zero-order valence-electron chi connectivity index (χ0n) is 14.2. The van der Waals surface area contributed by atoms with Crippen molar-refractivity contribution >= 4 is 27.5 Å². The van der Waals surface area contributed by atoms with Gasteiger partial charge in [0.05, 0.1) is 15.2 Å². The number of nitrogens with one attached hydrogen (secondary N) is 2. The van der Waals surface area contributed by atoms with Crippen LogP contribution in [-0.2, 0) is 13.0 Å². The molecule has 0 saturated carbocycles. The van der Waals surface area contributed by atoms with E-state index in [1.807, 2.05) is 30.3 Å². The first-order valence-corrected chi connectivity index (χ1v) is 9.49. The number of rotatable bonds is 4. The molecule has 1 amide bonds. The number of hydrogen-bond donors (Lipinski definition) is 2. The molecule has 3 aromatic rings. The summed E-state index contributed by atoms with van der Waals surface area (Å²) in [5, 5.41) is 7.51. The molecule has 1 unspecified atom stereocenters. The zero-order valence-corrected chi connectivity index (χ0v) is 15.0. The van der Waals surface area contributed by atoms with Crippen LogP contribution in [0.5, 0.6) is 0 Å². The summed E-state index contributed by atoms with van der Waals surface area (Å²) in [6, 6.07) is 14.2. The predicted octanol–water partition coefficient (Wildman–Crippen LogP) is 3.48. The average Bonchev–Trinajstić information content (AvgIpc) is 3.09. The summed E-state index contributed by atoms with van der Waals surface area (Å²) in [7, 11) is 0. The van der Waals surface area contributed by atoms with E-state index in [2.05, 4.69) is 29.7 Å². The van der Waals surface area contributed by atoms with E-state index in [0.717, 1.165) is 41.2 Å². The van der Waals surface area contributed by atoms with Gasteiger partial charge in [0.25, 0.3) is 5.91 Å². The second-order valence-corrected chi connectivity index (χ2v) is 7.56. The molecule has 0 spiro atoms. The monoisotopic (exact) mass is 351 g/mol. The molecule has 0 saturated heterocycles. The Kier molecular flexibility index (Phi) is 4.51. The van der Waals surface area contributed by atoms with Gasteiger partial charge >= 0.3 is 0 Å². The summed E-state index contributed by atoms with van der Waals surface area (Å²) in [5.41, 5.74) is 4.24. The molecule has 0 radical (unpaired) electrons. The van der Waals surface area contributed by atoms with Crippen LogP contribution in [0.15, 0.2) is 42.5 Å². The molecule has 0 bridgehead atoms. The number of nitrogens with zero attached hydrogens (tertiary/aromatic N) is 1. The Morgan fingerprint density at radius 3 is 3.04 bits per heavy atom. The van der Waals surface area contributed by atoms with Gasteiger partial charge in [-0.05, 0) is 42.3 Å². The topological polar surface area (TPSA) is 54.0 Å². The standard InChI is InChI=1S/C20H21N3OS/c1-13(20-23-17-7-2-3-8-18(17)25-20)11-22-19(24)15-6-4-5-14-9-10-21-12-16(14)15/h2-8,13,21H,9-12H2,1H3,(H,22,24). The predicted molar refractivity (Wildman–Crippen MR) is 102 cm³/mol. The van der Waals surface area contributed by atoms with Crippen molar-refractivity contribution in [2.45, 2.75) is 25.8 Å². The van der Waals surface area contributed by atoms with Gasteiger partial charge in [0.2, 0.25) is 0 Å². The maximum atomic E-state index is 12.7. The van der Waals surface area contributed by atoms with E-state index in [1.54, 1.807) is 11.3 Å². The van der Waals surface area contributed by atoms with Gasteiger partial charge in [-0.25, -0.2) is 4.98 Å². The van der Waals surface area contributed by atoms with Crippen molar-refractivity contribution in [3.05, 3.63) is 64.2 Å². The minimum absolute atomic E-state index is 0.00788. The smallest absolute Gasteiger partial charge is 0.251 e. The summed E-state index contributed by atoms with van der Waals surface area (Å²) in [4.78, 5) is 17.4. The lowest BCUT2D eigenvalue weighted by Crippen LogP contribution is -2.31. The molecule has 1 aliphatic rings. The highest BCUT2D eigenvalue weighted by molar-refractivity contribution is 7.18. The minimum Gasteiger partial charge on any atom is -0.351 e. The fourth-order valence-electron chi connectivity index (χ4n) is 3.26. The summed E-state index contributed by atoms with van der Waals surface area (Å²) in [5.74, 6) is 0.201. The number of thiazole rings is 1. The SMILES string of the molecule is CC(CNC(=O)c1cccc2c1CNCC2)c1nc2ccccc2s1. The van der Waals surface area contributed by atoms with E-state index in [-0.39, 0.29) is 11.8 Å². The summed E-state index contributed by atoms with van der Waals surface area (Å²) in [6.45, 7) is 4.45. The van der Waals surface area contributed by atoms with Crippen LogP contribution in [0.1, 0.15) is 39.3 Å². The molecular formula is C20H21N3OS. The van der Waals surface area contributed by atoms with E-state index in [0.29, 0.717) is 6.54 Å². The third-order valence-corrected chi connectivity index (χ3v) is 5.96. The Hall–Kier alpha value is -2.24. The second-order valence-electron chi connectivity index (χ2n) is 6.50. The quantitative estimate of drug-likeness (QED) is 0.757. The fraction of sp³-hybridized carbons (Fsp3) is 0.300. The van der Waals surface area contributed by atoms with Crippen LogP contribution in [0.2, 0.25) is 0 Å². The maximum absolute atomic E-state index is 12.7. The van der Waals surface area contributed by atoms with Crippen LogP contribution in [0.3, 0.4) is 0 Å². The largest absolute Gasteiger partial charge is 0.351 e. The first-order valence-electron chi connectivity index (χ1n) is 8.67. The lowest BCUT2D eigenvalue weighted by atomic mass is 9.95. The molecule has 4 nitrogen and oxygen atoms in total. The highest BCUT2D eigenvalue weighted by atomic mass is 32.1. The van der Waals surface area contributed by atoms with Crippen molar-refractivity contribution < 1.29 is 4.79 Å². The maximum Gasteiger partial charge on any atom is 0.251 e. The van der Waals surface area contributed by atoms with Gasteiger partial charge in [-0.15, -0.1) is 11.3 Å². The van der Waals surface area contributed by atoms with Gasteiger partial charge in [0.1, 0.15) is 0 Å². The molecule has 128 valence electrons. The Balaban J connectivity index is 1.46. The summed E-state index contributed by atoms with van der Waals surface area (Å²) in [6.07, 6.45) is 0.985. The van der Waals surface area contributed by atoms with Crippen LogP contribution in [0.25, 0.3) is 10.2 Å². The first kappa shape index (κ1) is 16.2. The van der Waals surface area contributed by atoms with Crippen molar-refractivity contribution in [2.24, 2.45) is 0 Å². The molecule has 25 heavy (non-hydrogen) atoms. The molecule has 2 N–H and O–H groups in total. The lowest BCUT2D eigenvalue weighted by molar-refractivity contribution is 0.0950. The van der Waals surface area contributed by atoms with Gasteiger partial charge < -0.3 is 10.6 Å². The van der Waals surface area contributed by atoms with E-state index in [4.69, 9.17) is 4.98 Å². The molecule has 1 atom stereocenters. The van der Waals surface area contributed by atoms with Crippen molar-refractivity contribution in [3.8, 4) is 0 Å². The van der Waals surface area contributed by atoms with Crippen LogP contribution in [-0.4, -0.2) is 24.0 Å². The molecule has 2 aromatic carbocycles. The van der Waals surface area contributed by atoms with Gasteiger partial charge in [0.15, 0.2) is 0 Å². The van der Waals surface area contributed by atoms with Crippen LogP contribution in [0.4, 0.5) is 0 Å². The third kappa shape index (κ3) is 3.30. The number of fused-ring (bicyclic) bond motifs is 2. The Morgan fingerprint density at radius 1 is 1.28 bits per heavy atom. The number of carbonyl (C=O) groups excluding carboxylic acids is 1. The molecular weight excluding hydrogens is 330 g/mol. The average molecular weight is 351 g/mol. The Labute approximate surface area is 151 Å². The molecule has 2 heterocycles. The zero-order chi connectivity index (χ0) is 17.2. The Morgan fingerprint density at radius 2 is 2.16 bits per heavy atom. The van der Waals surface area contributed by atoms with Crippen molar-refractivity contribution in [3.63, 3.8) is 0 Å². The normalized spacial score (nSPS) is 14.9. The fourth-order valence-corrected chi connectivity index (χ4v) is 4.27. The number of hydrogen-bond acceptors (Lipinski definition) is 4. The Bertz CT molecular complexity index is 885. The molecule has 0 aliphatic carbocycles. The summed E-state index contributed by atoms with van der Waals surface area (Å²) < 4.78 is 1.19. The third-order valence-electron chi connectivity index (χ3n) is 4.69. The second kappa shape index (κ2) is 6.94. The lowest BCUT2D eigenvalue weighted by Gasteiger charge is -2.20. The number of carbonyl (C=O) groups is 1. The van der Waals surface area contributed by atoms with Gasteiger partial charge in [-0.1, -0.05) is 31.2 Å². The first-order chi connectivity index (χ1) is 12.2. The van der Waals surface area contributed by atoms with Gasteiger partial charge in [-0.3, -0.25) is 4.79 Å². The highest BCUT2D eigenvalue weighted by Crippen LogP contribution is 2.27. The number of benzene rings is 2. The molecule has 5 heteroatoms. The van der Waals surface area contributed by atoms with Crippen LogP contribution in [0, 0.1) is 0 Å². The van der Waals surface area contributed by atoms with Crippen molar-refractivity contribution in [1.82, 2.24) is 15.6 Å². The molecule has 1 aromatic heterocycles. The number of para-hydroxylation sites is 1. The van der Waals surface area contributed by atoms with Crippen LogP contribution >= 0.6 is 11.3 Å². The molecule has 0 fully saturated rings. The van der Waals surface area contributed by atoms with Crippen molar-refractivity contribution in [1.29, 1.82) is 0 Å².